The molecule has 1 N–H and O–H groups in total. The summed E-state index contributed by atoms with van der Waals surface area (Å²) in [6.07, 6.45) is 2.44. The van der Waals surface area contributed by atoms with Crippen molar-refractivity contribution in [1.29, 1.82) is 0 Å². The SMILES string of the molecule is CCCNC(c1cc(Br)ccc1OCC)C1CC1(C)C. The lowest BCUT2D eigenvalue weighted by atomic mass is 9.96. The zero-order chi connectivity index (χ0) is 14.8. The highest BCUT2D eigenvalue weighted by atomic mass is 79.9. The Morgan fingerprint density at radius 3 is 2.65 bits per heavy atom. The molecule has 112 valence electrons. The lowest BCUT2D eigenvalue weighted by Crippen LogP contribution is -2.26. The first-order valence-electron chi connectivity index (χ1n) is 7.65. The predicted octanol–water partition coefficient (Wildman–Crippen LogP) is 4.93. The molecule has 1 saturated carbocycles. The van der Waals surface area contributed by atoms with Crippen molar-refractivity contribution < 1.29 is 4.74 Å². The molecule has 2 nitrogen and oxygen atoms in total. The fourth-order valence-corrected chi connectivity index (χ4v) is 3.27. The van der Waals surface area contributed by atoms with Crippen LogP contribution in [0.25, 0.3) is 0 Å². The van der Waals surface area contributed by atoms with Crippen LogP contribution < -0.4 is 10.1 Å². The predicted molar refractivity (Wildman–Crippen MR) is 88.2 cm³/mol. The summed E-state index contributed by atoms with van der Waals surface area (Å²) in [4.78, 5) is 0. The van der Waals surface area contributed by atoms with Gasteiger partial charge in [-0.05, 0) is 55.8 Å². The molecule has 1 aromatic carbocycles. The van der Waals surface area contributed by atoms with Gasteiger partial charge < -0.3 is 10.1 Å². The molecule has 0 aromatic heterocycles. The Morgan fingerprint density at radius 2 is 2.10 bits per heavy atom. The molecule has 20 heavy (non-hydrogen) atoms. The van der Waals surface area contributed by atoms with Crippen molar-refractivity contribution in [2.75, 3.05) is 13.2 Å². The number of halogens is 1. The zero-order valence-corrected chi connectivity index (χ0v) is 14.6. The van der Waals surface area contributed by atoms with E-state index in [1.165, 1.54) is 12.0 Å². The van der Waals surface area contributed by atoms with Crippen LogP contribution in [0.15, 0.2) is 22.7 Å². The van der Waals surface area contributed by atoms with Crippen LogP contribution in [0.1, 0.15) is 52.1 Å². The molecule has 2 rings (SSSR count). The van der Waals surface area contributed by atoms with Gasteiger partial charge >= 0.3 is 0 Å². The summed E-state index contributed by atoms with van der Waals surface area (Å²) in [5.41, 5.74) is 1.74. The molecule has 2 atom stereocenters. The van der Waals surface area contributed by atoms with E-state index in [1.54, 1.807) is 0 Å². The van der Waals surface area contributed by atoms with Gasteiger partial charge in [0, 0.05) is 16.1 Å². The van der Waals surface area contributed by atoms with E-state index in [-0.39, 0.29) is 0 Å². The van der Waals surface area contributed by atoms with Crippen LogP contribution in [-0.2, 0) is 0 Å². The molecule has 1 fully saturated rings. The Hall–Kier alpha value is -0.540. The summed E-state index contributed by atoms with van der Waals surface area (Å²) in [5.74, 6) is 1.72. The maximum Gasteiger partial charge on any atom is 0.124 e. The Labute approximate surface area is 131 Å². The molecular formula is C17H26BrNO. The van der Waals surface area contributed by atoms with Gasteiger partial charge in [0.2, 0.25) is 0 Å². The van der Waals surface area contributed by atoms with Crippen molar-refractivity contribution in [3.8, 4) is 5.75 Å². The Bertz CT molecular complexity index is 458. The molecule has 0 amide bonds. The standard InChI is InChI=1S/C17H26BrNO/c1-5-9-19-16(14-11-17(14,3)4)13-10-12(18)7-8-15(13)20-6-2/h7-8,10,14,16,19H,5-6,9,11H2,1-4H3. The van der Waals surface area contributed by atoms with E-state index < -0.39 is 0 Å². The smallest absolute Gasteiger partial charge is 0.124 e. The van der Waals surface area contributed by atoms with Crippen molar-refractivity contribution in [2.24, 2.45) is 11.3 Å². The van der Waals surface area contributed by atoms with Gasteiger partial charge in [-0.25, -0.2) is 0 Å². The highest BCUT2D eigenvalue weighted by molar-refractivity contribution is 9.10. The summed E-state index contributed by atoms with van der Waals surface area (Å²) in [6, 6.07) is 6.75. The van der Waals surface area contributed by atoms with E-state index in [4.69, 9.17) is 4.74 Å². The van der Waals surface area contributed by atoms with Gasteiger partial charge in [-0.15, -0.1) is 0 Å². The lowest BCUT2D eigenvalue weighted by molar-refractivity contribution is 0.324. The minimum atomic E-state index is 0.393. The van der Waals surface area contributed by atoms with Gasteiger partial charge in [0.05, 0.1) is 6.61 Å². The van der Waals surface area contributed by atoms with Crippen LogP contribution in [0, 0.1) is 11.3 Å². The fraction of sp³-hybridized carbons (Fsp3) is 0.647. The maximum absolute atomic E-state index is 5.84. The van der Waals surface area contributed by atoms with Gasteiger partial charge in [-0.3, -0.25) is 0 Å². The van der Waals surface area contributed by atoms with E-state index in [2.05, 4.69) is 60.2 Å². The zero-order valence-electron chi connectivity index (χ0n) is 13.0. The van der Waals surface area contributed by atoms with Gasteiger partial charge in [-0.2, -0.15) is 0 Å². The van der Waals surface area contributed by atoms with E-state index in [0.717, 1.165) is 23.2 Å². The highest BCUT2D eigenvalue weighted by Crippen LogP contribution is 2.58. The van der Waals surface area contributed by atoms with Crippen LogP contribution >= 0.6 is 15.9 Å². The molecule has 1 aliphatic carbocycles. The first-order valence-corrected chi connectivity index (χ1v) is 8.44. The number of rotatable bonds is 7. The molecule has 1 aromatic rings. The third-order valence-electron chi connectivity index (χ3n) is 4.21. The highest BCUT2D eigenvalue weighted by Gasteiger charge is 2.50. The van der Waals surface area contributed by atoms with E-state index in [0.29, 0.717) is 24.0 Å². The Morgan fingerprint density at radius 1 is 1.40 bits per heavy atom. The van der Waals surface area contributed by atoms with Crippen molar-refractivity contribution in [3.05, 3.63) is 28.2 Å². The molecule has 1 aliphatic rings. The second kappa shape index (κ2) is 6.48. The summed E-state index contributed by atoms with van der Waals surface area (Å²) in [5, 5.41) is 3.73. The maximum atomic E-state index is 5.84. The van der Waals surface area contributed by atoms with Crippen molar-refractivity contribution in [2.45, 2.75) is 46.6 Å². The minimum absolute atomic E-state index is 0.393. The van der Waals surface area contributed by atoms with Crippen molar-refractivity contribution in [1.82, 2.24) is 5.32 Å². The molecule has 0 heterocycles. The summed E-state index contributed by atoms with van der Waals surface area (Å²) >= 11 is 3.60. The topological polar surface area (TPSA) is 21.3 Å². The number of hydrogen-bond acceptors (Lipinski definition) is 2. The molecule has 0 saturated heterocycles. The average molecular weight is 340 g/mol. The fourth-order valence-electron chi connectivity index (χ4n) is 2.90. The van der Waals surface area contributed by atoms with Crippen LogP contribution in [0.4, 0.5) is 0 Å². The minimum Gasteiger partial charge on any atom is -0.494 e. The van der Waals surface area contributed by atoms with Crippen LogP contribution in [-0.4, -0.2) is 13.2 Å². The van der Waals surface area contributed by atoms with Crippen LogP contribution in [0.3, 0.4) is 0 Å². The van der Waals surface area contributed by atoms with E-state index in [9.17, 15) is 0 Å². The van der Waals surface area contributed by atoms with Crippen molar-refractivity contribution >= 4 is 15.9 Å². The normalized spacial score (nSPS) is 21.6. The molecule has 3 heteroatoms. The van der Waals surface area contributed by atoms with Gasteiger partial charge in [-0.1, -0.05) is 36.7 Å². The number of hydrogen-bond donors (Lipinski definition) is 1. The van der Waals surface area contributed by atoms with Crippen molar-refractivity contribution in [3.63, 3.8) is 0 Å². The number of ether oxygens (including phenoxy) is 1. The van der Waals surface area contributed by atoms with E-state index >= 15 is 0 Å². The third kappa shape index (κ3) is 3.56. The average Bonchev–Trinajstić information content (AvgIpc) is 3.02. The third-order valence-corrected chi connectivity index (χ3v) is 4.71. The van der Waals surface area contributed by atoms with Crippen LogP contribution in [0.2, 0.25) is 0 Å². The molecule has 0 spiro atoms. The molecule has 2 unspecified atom stereocenters. The van der Waals surface area contributed by atoms with Crippen LogP contribution in [0.5, 0.6) is 5.75 Å². The summed E-state index contributed by atoms with van der Waals surface area (Å²) in [6.45, 7) is 10.7. The first-order chi connectivity index (χ1) is 9.49. The second-order valence-corrected chi connectivity index (χ2v) is 7.26. The quantitative estimate of drug-likeness (QED) is 0.759. The first kappa shape index (κ1) is 15.8. The Kier molecular flexibility index (Phi) is 5.14. The largest absolute Gasteiger partial charge is 0.494 e. The monoisotopic (exact) mass is 339 g/mol. The summed E-state index contributed by atoms with van der Waals surface area (Å²) in [7, 11) is 0. The van der Waals surface area contributed by atoms with Gasteiger partial charge in [0.25, 0.3) is 0 Å². The van der Waals surface area contributed by atoms with Gasteiger partial charge in [0.1, 0.15) is 5.75 Å². The summed E-state index contributed by atoms with van der Waals surface area (Å²) < 4.78 is 6.96. The molecule has 0 radical (unpaired) electrons. The Balaban J connectivity index is 2.29. The molecule has 0 bridgehead atoms. The molecular weight excluding hydrogens is 314 g/mol. The second-order valence-electron chi connectivity index (χ2n) is 6.35. The lowest BCUT2D eigenvalue weighted by Gasteiger charge is -2.23. The number of benzene rings is 1. The van der Waals surface area contributed by atoms with Gasteiger partial charge in [0.15, 0.2) is 0 Å². The number of nitrogens with one attached hydrogen (secondary N) is 1. The van der Waals surface area contributed by atoms with E-state index in [1.807, 2.05) is 6.92 Å². The molecule has 0 aliphatic heterocycles.